The SMILES string of the molecule is C.C.CCCC(C)=O.CCCC(C)=O. The molecule has 0 unspecified atom stereocenters. The molecule has 0 rings (SSSR count). The molecule has 14 heavy (non-hydrogen) atoms. The van der Waals surface area contributed by atoms with Crippen molar-refractivity contribution < 1.29 is 9.59 Å². The molecular weight excluding hydrogens is 176 g/mol. The molecule has 2 heteroatoms. The highest BCUT2D eigenvalue weighted by Crippen LogP contribution is 1.84. The van der Waals surface area contributed by atoms with Crippen LogP contribution in [-0.2, 0) is 9.59 Å². The minimum Gasteiger partial charge on any atom is -0.300 e. The topological polar surface area (TPSA) is 34.1 Å². The van der Waals surface area contributed by atoms with Gasteiger partial charge < -0.3 is 9.59 Å². The number of carbonyl (C=O) groups excluding carboxylic acids is 2. The second kappa shape index (κ2) is 18.2. The Balaban J connectivity index is -0.0000000625. The van der Waals surface area contributed by atoms with Crippen LogP contribution in [0.5, 0.6) is 0 Å². The molecule has 0 bridgehead atoms. The van der Waals surface area contributed by atoms with Crippen molar-refractivity contribution in [3.05, 3.63) is 0 Å². The minimum absolute atomic E-state index is 0. The third kappa shape index (κ3) is 42.5. The molecule has 0 aliphatic rings. The van der Waals surface area contributed by atoms with Gasteiger partial charge in [0, 0.05) is 12.8 Å². The van der Waals surface area contributed by atoms with E-state index in [2.05, 4.69) is 0 Å². The minimum atomic E-state index is 0. The quantitative estimate of drug-likeness (QED) is 0.693. The van der Waals surface area contributed by atoms with Crippen molar-refractivity contribution in [3.8, 4) is 0 Å². The molecule has 0 N–H and O–H groups in total. The van der Waals surface area contributed by atoms with Gasteiger partial charge in [-0.1, -0.05) is 28.7 Å². The molecule has 0 aliphatic carbocycles. The van der Waals surface area contributed by atoms with Gasteiger partial charge in [-0.15, -0.1) is 0 Å². The molecule has 2 nitrogen and oxygen atoms in total. The lowest BCUT2D eigenvalue weighted by molar-refractivity contribution is -0.117. The second-order valence-electron chi connectivity index (χ2n) is 2.90. The molecule has 0 fully saturated rings. The van der Waals surface area contributed by atoms with E-state index in [-0.39, 0.29) is 26.4 Å². The number of Topliss-reactive ketones (excluding diaryl/α,β-unsaturated/α-hetero) is 2. The molecule has 0 aromatic carbocycles. The van der Waals surface area contributed by atoms with E-state index in [4.69, 9.17) is 0 Å². The lowest BCUT2D eigenvalue weighted by atomic mass is 10.3. The summed E-state index contributed by atoms with van der Waals surface area (Å²) in [6.45, 7) is 7.23. The summed E-state index contributed by atoms with van der Waals surface area (Å²) in [5.41, 5.74) is 0. The van der Waals surface area contributed by atoms with Gasteiger partial charge in [-0.05, 0) is 26.7 Å². The van der Waals surface area contributed by atoms with Crippen LogP contribution in [0, 0.1) is 0 Å². The first-order valence-corrected chi connectivity index (χ1v) is 4.53. The summed E-state index contributed by atoms with van der Waals surface area (Å²) in [7, 11) is 0. The summed E-state index contributed by atoms with van der Waals surface area (Å²) in [5.74, 6) is 0.579. The highest BCUT2D eigenvalue weighted by molar-refractivity contribution is 5.75. The number of hydrogen-bond acceptors (Lipinski definition) is 2. The molecule has 0 radical (unpaired) electrons. The van der Waals surface area contributed by atoms with Crippen LogP contribution in [0.25, 0.3) is 0 Å². The molecule has 0 saturated carbocycles. The summed E-state index contributed by atoms with van der Waals surface area (Å²) >= 11 is 0. The Morgan fingerprint density at radius 2 is 1.00 bits per heavy atom. The van der Waals surface area contributed by atoms with Gasteiger partial charge in [0.1, 0.15) is 11.6 Å². The van der Waals surface area contributed by atoms with E-state index in [1.54, 1.807) is 13.8 Å². The van der Waals surface area contributed by atoms with Crippen LogP contribution in [0.3, 0.4) is 0 Å². The van der Waals surface area contributed by atoms with Gasteiger partial charge in [-0.3, -0.25) is 0 Å². The van der Waals surface area contributed by atoms with Crippen LogP contribution in [0.15, 0.2) is 0 Å². The highest BCUT2D eigenvalue weighted by Gasteiger charge is 1.84. The Bertz CT molecular complexity index is 112. The molecule has 0 amide bonds. The molecule has 0 spiro atoms. The normalized spacial score (nSPS) is 7.14. The zero-order valence-electron chi connectivity index (χ0n) is 8.64. The van der Waals surface area contributed by atoms with Gasteiger partial charge in [0.15, 0.2) is 0 Å². The summed E-state index contributed by atoms with van der Waals surface area (Å²) in [6, 6.07) is 0. The fourth-order valence-corrected chi connectivity index (χ4v) is 0.704. The summed E-state index contributed by atoms with van der Waals surface area (Å²) in [5, 5.41) is 0. The molecule has 88 valence electrons. The number of carbonyl (C=O) groups is 2. The highest BCUT2D eigenvalue weighted by atomic mass is 16.1. The van der Waals surface area contributed by atoms with E-state index in [0.29, 0.717) is 0 Å². The summed E-state index contributed by atoms with van der Waals surface area (Å²) in [6.07, 6.45) is 3.44. The Morgan fingerprint density at radius 3 is 1.00 bits per heavy atom. The average molecular weight is 204 g/mol. The summed E-state index contributed by atoms with van der Waals surface area (Å²) in [4.78, 5) is 20.1. The number of hydrogen-bond donors (Lipinski definition) is 0. The van der Waals surface area contributed by atoms with Gasteiger partial charge in [-0.25, -0.2) is 0 Å². The van der Waals surface area contributed by atoms with E-state index < -0.39 is 0 Å². The lowest BCUT2D eigenvalue weighted by Crippen LogP contribution is -1.84. The van der Waals surface area contributed by atoms with Crippen LogP contribution < -0.4 is 0 Å². The monoisotopic (exact) mass is 204 g/mol. The first-order chi connectivity index (χ1) is 5.54. The van der Waals surface area contributed by atoms with E-state index in [1.165, 1.54) is 0 Å². The van der Waals surface area contributed by atoms with Crippen LogP contribution in [-0.4, -0.2) is 11.6 Å². The fraction of sp³-hybridized carbons (Fsp3) is 0.833. The van der Waals surface area contributed by atoms with Crippen LogP contribution in [0.2, 0.25) is 0 Å². The largest absolute Gasteiger partial charge is 0.300 e. The van der Waals surface area contributed by atoms with Crippen LogP contribution in [0.1, 0.15) is 68.2 Å². The van der Waals surface area contributed by atoms with Crippen molar-refractivity contribution >= 4 is 11.6 Å². The van der Waals surface area contributed by atoms with E-state index >= 15 is 0 Å². The van der Waals surface area contributed by atoms with Crippen molar-refractivity contribution in [2.45, 2.75) is 68.2 Å². The van der Waals surface area contributed by atoms with Gasteiger partial charge >= 0.3 is 0 Å². The van der Waals surface area contributed by atoms with Crippen molar-refractivity contribution in [2.24, 2.45) is 0 Å². The van der Waals surface area contributed by atoms with Crippen LogP contribution >= 0.6 is 0 Å². The predicted molar refractivity (Wildman–Crippen MR) is 64.6 cm³/mol. The second-order valence-corrected chi connectivity index (χ2v) is 2.90. The lowest BCUT2D eigenvalue weighted by Gasteiger charge is -1.80. The molecule has 0 aromatic rings. The first-order valence-electron chi connectivity index (χ1n) is 4.53. The van der Waals surface area contributed by atoms with Crippen molar-refractivity contribution in [2.75, 3.05) is 0 Å². The van der Waals surface area contributed by atoms with Crippen LogP contribution in [0.4, 0.5) is 0 Å². The Kier molecular flexibility index (Phi) is 30.3. The van der Waals surface area contributed by atoms with Gasteiger partial charge in [0.2, 0.25) is 0 Å². The molecular formula is C12H28O2. The average Bonchev–Trinajstić information content (AvgIpc) is 1.87. The van der Waals surface area contributed by atoms with Crippen molar-refractivity contribution in [1.82, 2.24) is 0 Å². The van der Waals surface area contributed by atoms with Gasteiger partial charge in [0.25, 0.3) is 0 Å². The molecule has 0 atom stereocenters. The van der Waals surface area contributed by atoms with Gasteiger partial charge in [-0.2, -0.15) is 0 Å². The summed E-state index contributed by atoms with van der Waals surface area (Å²) < 4.78 is 0. The first kappa shape index (κ1) is 23.3. The van der Waals surface area contributed by atoms with Gasteiger partial charge in [0.05, 0.1) is 0 Å². The maximum Gasteiger partial charge on any atom is 0.129 e. The molecule has 0 heterocycles. The van der Waals surface area contributed by atoms with Crippen molar-refractivity contribution in [1.29, 1.82) is 0 Å². The van der Waals surface area contributed by atoms with Crippen molar-refractivity contribution in [3.63, 3.8) is 0 Å². The smallest absolute Gasteiger partial charge is 0.129 e. The van der Waals surface area contributed by atoms with E-state index in [9.17, 15) is 9.59 Å². The third-order valence-electron chi connectivity index (χ3n) is 1.20. The fourth-order valence-electron chi connectivity index (χ4n) is 0.704. The maximum absolute atomic E-state index is 10.0. The zero-order valence-corrected chi connectivity index (χ0v) is 8.64. The molecule has 0 aromatic heterocycles. The van der Waals surface area contributed by atoms with E-state index in [1.807, 2.05) is 13.8 Å². The maximum atomic E-state index is 10.0. The third-order valence-corrected chi connectivity index (χ3v) is 1.20. The Morgan fingerprint density at radius 1 is 0.786 bits per heavy atom. The predicted octanol–water partition coefficient (Wildman–Crippen LogP) is 4.02. The Labute approximate surface area is 90.1 Å². The number of rotatable bonds is 4. The standard InChI is InChI=1S/2C5H10O.2CH4/c2*1-3-4-5(2)6;;/h2*3-4H2,1-2H3;2*1H4. The number of ketones is 2. The molecule has 0 aliphatic heterocycles. The van der Waals surface area contributed by atoms with E-state index in [0.717, 1.165) is 25.7 Å². The molecule has 0 saturated heterocycles. The zero-order chi connectivity index (χ0) is 9.98. The Hall–Kier alpha value is -0.660.